The van der Waals surface area contributed by atoms with E-state index in [2.05, 4.69) is 5.32 Å². The molecule has 0 aliphatic carbocycles. The van der Waals surface area contributed by atoms with E-state index in [4.69, 9.17) is 14.2 Å². The topological polar surface area (TPSA) is 73.9 Å². The van der Waals surface area contributed by atoms with Gasteiger partial charge in [0.2, 0.25) is 0 Å². The fraction of sp³-hybridized carbons (Fsp3) is 0.263. The largest absolute Gasteiger partial charge is 0.486 e. The number of fused-ring (bicyclic) bond motifs is 1. The monoisotopic (exact) mass is 341 g/mol. The van der Waals surface area contributed by atoms with Crippen LogP contribution in [0.15, 0.2) is 42.5 Å². The van der Waals surface area contributed by atoms with Crippen molar-refractivity contribution in [2.45, 2.75) is 13.3 Å². The Balaban J connectivity index is 1.47. The summed E-state index contributed by atoms with van der Waals surface area (Å²) in [6.45, 7) is 2.65. The van der Waals surface area contributed by atoms with E-state index < -0.39 is 5.97 Å². The lowest BCUT2D eigenvalue weighted by atomic mass is 10.1. The summed E-state index contributed by atoms with van der Waals surface area (Å²) in [6.07, 6.45) is 0.0639. The molecule has 0 unspecified atom stereocenters. The van der Waals surface area contributed by atoms with Crippen LogP contribution in [0.2, 0.25) is 0 Å². The van der Waals surface area contributed by atoms with Crippen LogP contribution in [0.5, 0.6) is 11.5 Å². The molecule has 0 bridgehead atoms. The van der Waals surface area contributed by atoms with Crippen molar-refractivity contribution in [2.75, 3.05) is 25.1 Å². The van der Waals surface area contributed by atoms with Gasteiger partial charge in [0.1, 0.15) is 13.2 Å². The van der Waals surface area contributed by atoms with Crippen LogP contribution in [0.1, 0.15) is 11.1 Å². The fourth-order valence-corrected chi connectivity index (χ4v) is 2.40. The highest BCUT2D eigenvalue weighted by molar-refractivity contribution is 5.92. The second kappa shape index (κ2) is 7.70. The first-order chi connectivity index (χ1) is 12.1. The van der Waals surface area contributed by atoms with Crippen LogP contribution in [0.25, 0.3) is 0 Å². The molecule has 2 aromatic carbocycles. The van der Waals surface area contributed by atoms with Crippen molar-refractivity contribution in [3.63, 3.8) is 0 Å². The van der Waals surface area contributed by atoms with Crippen molar-refractivity contribution < 1.29 is 23.8 Å². The molecule has 0 saturated carbocycles. The molecule has 25 heavy (non-hydrogen) atoms. The van der Waals surface area contributed by atoms with Crippen molar-refractivity contribution in [2.24, 2.45) is 0 Å². The number of ether oxygens (including phenoxy) is 3. The molecule has 0 atom stereocenters. The van der Waals surface area contributed by atoms with Gasteiger partial charge in [0.15, 0.2) is 18.1 Å². The van der Waals surface area contributed by atoms with E-state index in [0.717, 1.165) is 11.1 Å². The number of benzene rings is 2. The summed E-state index contributed by atoms with van der Waals surface area (Å²) in [7, 11) is 0. The van der Waals surface area contributed by atoms with Gasteiger partial charge in [0.05, 0.1) is 6.42 Å². The summed E-state index contributed by atoms with van der Waals surface area (Å²) in [4.78, 5) is 23.7. The maximum absolute atomic E-state index is 11.9. The van der Waals surface area contributed by atoms with Crippen molar-refractivity contribution in [1.29, 1.82) is 0 Å². The molecule has 0 fully saturated rings. The normalized spacial score (nSPS) is 12.4. The van der Waals surface area contributed by atoms with Gasteiger partial charge in [-0.25, -0.2) is 0 Å². The first-order valence-corrected chi connectivity index (χ1v) is 8.01. The van der Waals surface area contributed by atoms with Gasteiger partial charge in [-0.3, -0.25) is 9.59 Å². The zero-order valence-corrected chi connectivity index (χ0v) is 13.9. The minimum absolute atomic E-state index is 0.0639. The van der Waals surface area contributed by atoms with Gasteiger partial charge in [-0.2, -0.15) is 0 Å². The van der Waals surface area contributed by atoms with E-state index in [9.17, 15) is 9.59 Å². The molecule has 6 heteroatoms. The highest BCUT2D eigenvalue weighted by Crippen LogP contribution is 2.30. The highest BCUT2D eigenvalue weighted by atomic mass is 16.6. The highest BCUT2D eigenvalue weighted by Gasteiger charge is 2.14. The van der Waals surface area contributed by atoms with Crippen LogP contribution < -0.4 is 14.8 Å². The van der Waals surface area contributed by atoms with Gasteiger partial charge in [0.25, 0.3) is 5.91 Å². The minimum atomic E-state index is -0.476. The Morgan fingerprint density at radius 3 is 2.52 bits per heavy atom. The first-order valence-electron chi connectivity index (χ1n) is 8.01. The molecule has 1 amide bonds. The molecule has 0 aromatic heterocycles. The van der Waals surface area contributed by atoms with Crippen LogP contribution >= 0.6 is 0 Å². The Kier molecular flexibility index (Phi) is 5.18. The first kappa shape index (κ1) is 16.8. The molecule has 0 saturated heterocycles. The number of anilines is 1. The van der Waals surface area contributed by atoms with Crippen molar-refractivity contribution in [1.82, 2.24) is 0 Å². The predicted molar refractivity (Wildman–Crippen MR) is 91.9 cm³/mol. The van der Waals surface area contributed by atoms with Crippen molar-refractivity contribution in [3.05, 3.63) is 53.6 Å². The van der Waals surface area contributed by atoms with Crippen LogP contribution in [0.4, 0.5) is 5.69 Å². The molecule has 1 N–H and O–H groups in total. The number of rotatable bonds is 5. The van der Waals surface area contributed by atoms with Gasteiger partial charge < -0.3 is 19.5 Å². The second-order valence-corrected chi connectivity index (χ2v) is 5.73. The van der Waals surface area contributed by atoms with Crippen LogP contribution in [-0.2, 0) is 20.7 Å². The maximum Gasteiger partial charge on any atom is 0.310 e. The van der Waals surface area contributed by atoms with Crippen LogP contribution in [0, 0.1) is 6.92 Å². The molecular formula is C19H19NO5. The van der Waals surface area contributed by atoms with Crippen LogP contribution in [-0.4, -0.2) is 31.7 Å². The molecule has 2 aromatic rings. The molecule has 3 rings (SSSR count). The average molecular weight is 341 g/mol. The summed E-state index contributed by atoms with van der Waals surface area (Å²) in [6, 6.07) is 12.7. The summed E-state index contributed by atoms with van der Waals surface area (Å²) >= 11 is 0. The Morgan fingerprint density at radius 1 is 1.04 bits per heavy atom. The number of hydrogen-bond acceptors (Lipinski definition) is 5. The van der Waals surface area contributed by atoms with Gasteiger partial charge in [0, 0.05) is 5.69 Å². The van der Waals surface area contributed by atoms with Gasteiger partial charge in [-0.1, -0.05) is 23.8 Å². The van der Waals surface area contributed by atoms with Crippen molar-refractivity contribution in [3.8, 4) is 11.5 Å². The maximum atomic E-state index is 11.9. The quantitative estimate of drug-likeness (QED) is 0.846. The standard InChI is InChI=1S/C19H19NO5/c1-13-2-5-15(6-3-13)20-18(21)12-25-19(22)11-14-4-7-16-17(10-14)24-9-8-23-16/h2-7,10H,8-9,11-12H2,1H3,(H,20,21). The Morgan fingerprint density at radius 2 is 1.76 bits per heavy atom. The number of carbonyl (C=O) groups is 2. The zero-order chi connectivity index (χ0) is 17.6. The molecule has 6 nitrogen and oxygen atoms in total. The zero-order valence-electron chi connectivity index (χ0n) is 13.9. The third-order valence-corrected chi connectivity index (χ3v) is 3.65. The molecule has 0 radical (unpaired) electrons. The van der Waals surface area contributed by atoms with Crippen LogP contribution in [0.3, 0.4) is 0 Å². The summed E-state index contributed by atoms with van der Waals surface area (Å²) < 4.78 is 15.9. The van der Waals surface area contributed by atoms with Gasteiger partial charge in [-0.15, -0.1) is 0 Å². The lowest BCUT2D eigenvalue weighted by Gasteiger charge is -2.18. The molecule has 130 valence electrons. The van der Waals surface area contributed by atoms with E-state index in [0.29, 0.717) is 30.4 Å². The molecule has 1 heterocycles. The molecule has 1 aliphatic heterocycles. The molecule has 0 spiro atoms. The predicted octanol–water partition coefficient (Wildman–Crippen LogP) is 2.49. The van der Waals surface area contributed by atoms with E-state index in [1.165, 1.54) is 0 Å². The number of aryl methyl sites for hydroxylation is 1. The fourth-order valence-electron chi connectivity index (χ4n) is 2.40. The number of carbonyl (C=O) groups excluding carboxylic acids is 2. The minimum Gasteiger partial charge on any atom is -0.486 e. The van der Waals surface area contributed by atoms with Crippen molar-refractivity contribution >= 4 is 17.6 Å². The Labute approximate surface area is 145 Å². The Hall–Kier alpha value is -3.02. The molecular weight excluding hydrogens is 322 g/mol. The number of amides is 1. The van der Waals surface area contributed by atoms with Gasteiger partial charge in [-0.05, 0) is 36.8 Å². The number of nitrogens with one attached hydrogen (secondary N) is 1. The number of hydrogen-bond donors (Lipinski definition) is 1. The second-order valence-electron chi connectivity index (χ2n) is 5.73. The average Bonchev–Trinajstić information content (AvgIpc) is 2.62. The number of esters is 1. The summed E-state index contributed by atoms with van der Waals surface area (Å²) in [5.41, 5.74) is 2.51. The smallest absolute Gasteiger partial charge is 0.310 e. The van der Waals surface area contributed by atoms with E-state index in [-0.39, 0.29) is 18.9 Å². The third-order valence-electron chi connectivity index (χ3n) is 3.65. The lowest BCUT2D eigenvalue weighted by molar-refractivity contribution is -0.146. The summed E-state index contributed by atoms with van der Waals surface area (Å²) in [5.74, 6) is 0.435. The molecule has 1 aliphatic rings. The Bertz CT molecular complexity index is 770. The van der Waals surface area contributed by atoms with Gasteiger partial charge >= 0.3 is 5.97 Å². The lowest BCUT2D eigenvalue weighted by Crippen LogP contribution is -2.21. The SMILES string of the molecule is Cc1ccc(NC(=O)COC(=O)Cc2ccc3c(c2)OCCO3)cc1. The van der Waals surface area contributed by atoms with E-state index >= 15 is 0 Å². The van der Waals surface area contributed by atoms with E-state index in [1.807, 2.05) is 19.1 Å². The summed E-state index contributed by atoms with van der Waals surface area (Å²) in [5, 5.41) is 2.68. The van der Waals surface area contributed by atoms with E-state index in [1.54, 1.807) is 30.3 Å². The third kappa shape index (κ3) is 4.73.